The van der Waals surface area contributed by atoms with Gasteiger partial charge in [0.15, 0.2) is 5.50 Å². The molecule has 142 valence electrons. The van der Waals surface area contributed by atoms with Gasteiger partial charge in [-0.1, -0.05) is 58.9 Å². The van der Waals surface area contributed by atoms with Crippen molar-refractivity contribution in [2.24, 2.45) is 0 Å². The lowest BCUT2D eigenvalue weighted by Gasteiger charge is -2.12. The number of benzene rings is 2. The minimum absolute atomic E-state index is 0.103. The van der Waals surface area contributed by atoms with Crippen LogP contribution in [0.25, 0.3) is 17.4 Å². The van der Waals surface area contributed by atoms with E-state index in [9.17, 15) is 4.79 Å². The number of hydrogen-bond acceptors (Lipinski definition) is 4. The van der Waals surface area contributed by atoms with E-state index in [1.54, 1.807) is 6.08 Å². The normalized spacial score (nSPS) is 17.7. The first kappa shape index (κ1) is 18.9. The van der Waals surface area contributed by atoms with Crippen LogP contribution in [0, 0.1) is 0 Å². The van der Waals surface area contributed by atoms with Gasteiger partial charge >= 0.3 is 0 Å². The van der Waals surface area contributed by atoms with Crippen LogP contribution >= 0.6 is 27.7 Å². The van der Waals surface area contributed by atoms with Gasteiger partial charge in [-0.2, -0.15) is 0 Å². The molecule has 28 heavy (non-hydrogen) atoms. The molecular weight excluding hydrogens is 436 g/mol. The first-order chi connectivity index (χ1) is 13.6. The molecule has 1 unspecified atom stereocenters. The molecule has 3 aromatic rings. The number of nitrogens with one attached hydrogen (secondary N) is 2. The monoisotopic (exact) mass is 454 g/mol. The van der Waals surface area contributed by atoms with Crippen LogP contribution < -0.4 is 10.6 Å². The standard InChI is InChI=1S/C22H19BrN2O2S/c1-2-14-3-9-17(10-4-14)24-22-25-21(26)20(28-22)13-18-11-12-19(27-18)15-5-7-16(23)8-6-15/h3-13,22,24H,2H2,1H3,(H,25,26)/b20-13+. The molecular formula is C22H19BrN2O2S. The van der Waals surface area contributed by atoms with Gasteiger partial charge in [-0.15, -0.1) is 0 Å². The molecule has 2 heterocycles. The second-order valence-corrected chi connectivity index (χ2v) is 8.45. The average molecular weight is 455 g/mol. The lowest BCUT2D eigenvalue weighted by atomic mass is 10.1. The number of thioether (sulfide) groups is 1. The van der Waals surface area contributed by atoms with Gasteiger partial charge in [0.2, 0.25) is 0 Å². The van der Waals surface area contributed by atoms with Crippen LogP contribution in [-0.2, 0) is 11.2 Å². The number of halogens is 1. The highest BCUT2D eigenvalue weighted by atomic mass is 79.9. The first-order valence-electron chi connectivity index (χ1n) is 9.01. The van der Waals surface area contributed by atoms with Gasteiger partial charge in [-0.25, -0.2) is 0 Å². The van der Waals surface area contributed by atoms with Gasteiger partial charge in [0, 0.05) is 21.8 Å². The summed E-state index contributed by atoms with van der Waals surface area (Å²) in [5, 5.41) is 6.27. The number of anilines is 1. The Kier molecular flexibility index (Phi) is 5.59. The summed E-state index contributed by atoms with van der Waals surface area (Å²) in [5.41, 5.74) is 3.05. The molecule has 1 atom stereocenters. The minimum atomic E-state index is -0.202. The molecule has 1 aliphatic rings. The highest BCUT2D eigenvalue weighted by molar-refractivity contribution is 9.10. The lowest BCUT2D eigenvalue weighted by Crippen LogP contribution is -2.30. The Labute approximate surface area is 176 Å². The van der Waals surface area contributed by atoms with Crippen molar-refractivity contribution in [1.82, 2.24) is 5.32 Å². The highest BCUT2D eigenvalue weighted by Crippen LogP contribution is 2.32. The molecule has 0 radical (unpaired) electrons. The fraction of sp³-hybridized carbons (Fsp3) is 0.136. The van der Waals surface area contributed by atoms with E-state index in [1.807, 2.05) is 48.5 Å². The number of hydrogen-bond donors (Lipinski definition) is 2. The number of amides is 1. The van der Waals surface area contributed by atoms with Gasteiger partial charge in [0.1, 0.15) is 11.5 Å². The SMILES string of the molecule is CCc1ccc(NC2NC(=O)/C(=C\c3ccc(-c4ccc(Br)cc4)o3)S2)cc1. The molecule has 6 heteroatoms. The maximum Gasteiger partial charge on any atom is 0.260 e. The van der Waals surface area contributed by atoms with Crippen molar-refractivity contribution in [1.29, 1.82) is 0 Å². The second kappa shape index (κ2) is 8.29. The van der Waals surface area contributed by atoms with Gasteiger partial charge in [0.05, 0.1) is 4.91 Å². The summed E-state index contributed by atoms with van der Waals surface area (Å²) < 4.78 is 6.91. The molecule has 1 fully saturated rings. The zero-order valence-corrected chi connectivity index (χ0v) is 17.6. The Hall–Kier alpha value is -2.44. The Morgan fingerprint density at radius 3 is 2.57 bits per heavy atom. The zero-order chi connectivity index (χ0) is 19.5. The predicted molar refractivity (Wildman–Crippen MR) is 119 cm³/mol. The zero-order valence-electron chi connectivity index (χ0n) is 15.2. The fourth-order valence-electron chi connectivity index (χ4n) is 2.88. The Morgan fingerprint density at radius 2 is 1.86 bits per heavy atom. The van der Waals surface area contributed by atoms with Gasteiger partial charge < -0.3 is 15.1 Å². The van der Waals surface area contributed by atoms with E-state index in [2.05, 4.69) is 45.6 Å². The molecule has 0 spiro atoms. The van der Waals surface area contributed by atoms with Crippen LogP contribution in [0.2, 0.25) is 0 Å². The maximum absolute atomic E-state index is 12.3. The Bertz CT molecular complexity index is 1010. The van der Waals surface area contributed by atoms with Crippen molar-refractivity contribution in [2.75, 3.05) is 5.32 Å². The van der Waals surface area contributed by atoms with Crippen molar-refractivity contribution >= 4 is 45.4 Å². The summed E-state index contributed by atoms with van der Waals surface area (Å²) in [4.78, 5) is 12.9. The van der Waals surface area contributed by atoms with Gasteiger partial charge in [0.25, 0.3) is 5.91 Å². The fourth-order valence-corrected chi connectivity index (χ4v) is 4.11. The number of aryl methyl sites for hydroxylation is 1. The van der Waals surface area contributed by atoms with Crippen molar-refractivity contribution in [2.45, 2.75) is 18.8 Å². The number of furan rings is 1. The summed E-state index contributed by atoms with van der Waals surface area (Å²) in [7, 11) is 0. The van der Waals surface area contributed by atoms with Crippen LogP contribution in [-0.4, -0.2) is 11.4 Å². The third-order valence-electron chi connectivity index (χ3n) is 4.42. The van der Waals surface area contributed by atoms with E-state index in [1.165, 1.54) is 17.3 Å². The number of carbonyl (C=O) groups is 1. The summed E-state index contributed by atoms with van der Waals surface area (Å²) in [5.74, 6) is 1.33. The third-order valence-corrected chi connectivity index (χ3v) is 5.98. The molecule has 0 saturated carbocycles. The molecule has 1 aliphatic heterocycles. The predicted octanol–water partition coefficient (Wildman–Crippen LogP) is 5.87. The van der Waals surface area contributed by atoms with Crippen molar-refractivity contribution in [3.63, 3.8) is 0 Å². The molecule has 0 aliphatic carbocycles. The molecule has 4 rings (SSSR count). The molecule has 2 aromatic carbocycles. The highest BCUT2D eigenvalue weighted by Gasteiger charge is 2.27. The van der Waals surface area contributed by atoms with E-state index in [4.69, 9.17) is 4.42 Å². The first-order valence-corrected chi connectivity index (χ1v) is 10.7. The summed E-state index contributed by atoms with van der Waals surface area (Å²) >= 11 is 4.88. The van der Waals surface area contributed by atoms with E-state index in [-0.39, 0.29) is 11.4 Å². The van der Waals surface area contributed by atoms with Crippen LogP contribution in [0.15, 0.2) is 74.5 Å². The molecule has 1 saturated heterocycles. The van der Waals surface area contributed by atoms with E-state index in [0.717, 1.165) is 27.9 Å². The smallest absolute Gasteiger partial charge is 0.260 e. The molecule has 4 nitrogen and oxygen atoms in total. The lowest BCUT2D eigenvalue weighted by molar-refractivity contribution is -0.116. The van der Waals surface area contributed by atoms with Crippen molar-refractivity contribution in [3.8, 4) is 11.3 Å². The van der Waals surface area contributed by atoms with E-state index >= 15 is 0 Å². The minimum Gasteiger partial charge on any atom is -0.457 e. The Balaban J connectivity index is 1.45. The van der Waals surface area contributed by atoms with Gasteiger partial charge in [-0.05, 0) is 48.4 Å². The molecule has 2 N–H and O–H groups in total. The van der Waals surface area contributed by atoms with Crippen LogP contribution in [0.3, 0.4) is 0 Å². The van der Waals surface area contributed by atoms with Crippen LogP contribution in [0.1, 0.15) is 18.2 Å². The quantitative estimate of drug-likeness (QED) is 0.473. The van der Waals surface area contributed by atoms with Crippen molar-refractivity contribution < 1.29 is 9.21 Å². The summed E-state index contributed by atoms with van der Waals surface area (Å²) in [6.45, 7) is 2.13. The van der Waals surface area contributed by atoms with Crippen LogP contribution in [0.5, 0.6) is 0 Å². The second-order valence-electron chi connectivity index (χ2n) is 6.38. The number of carbonyl (C=O) groups excluding carboxylic acids is 1. The maximum atomic E-state index is 12.3. The largest absolute Gasteiger partial charge is 0.457 e. The van der Waals surface area contributed by atoms with Gasteiger partial charge in [-0.3, -0.25) is 4.79 Å². The molecule has 1 aromatic heterocycles. The van der Waals surface area contributed by atoms with E-state index < -0.39 is 0 Å². The summed E-state index contributed by atoms with van der Waals surface area (Å²) in [6.07, 6.45) is 2.79. The van der Waals surface area contributed by atoms with Crippen LogP contribution in [0.4, 0.5) is 5.69 Å². The molecule has 1 amide bonds. The third kappa shape index (κ3) is 4.34. The number of rotatable bonds is 5. The summed E-state index contributed by atoms with van der Waals surface area (Å²) in [6, 6.07) is 20.0. The Morgan fingerprint density at radius 1 is 1.11 bits per heavy atom. The van der Waals surface area contributed by atoms with Crippen molar-refractivity contribution in [3.05, 3.63) is 81.4 Å². The topological polar surface area (TPSA) is 54.3 Å². The average Bonchev–Trinajstić information content (AvgIpc) is 3.30. The molecule has 0 bridgehead atoms. The van der Waals surface area contributed by atoms with E-state index in [0.29, 0.717) is 10.7 Å².